The van der Waals surface area contributed by atoms with Crippen molar-refractivity contribution in [3.63, 3.8) is 0 Å². The lowest BCUT2D eigenvalue weighted by Crippen LogP contribution is -2.39. The third-order valence-corrected chi connectivity index (χ3v) is 3.09. The lowest BCUT2D eigenvalue weighted by atomic mass is 10.1. The van der Waals surface area contributed by atoms with E-state index in [9.17, 15) is 20.1 Å². The number of hydrogen-bond donors (Lipinski definition) is 2. The summed E-state index contributed by atoms with van der Waals surface area (Å²) in [5.41, 5.74) is 0.685. The Hall–Kier alpha value is -1.75. The topological polar surface area (TPSA) is 80.6 Å². The van der Waals surface area contributed by atoms with Crippen LogP contribution >= 0.6 is 0 Å². The molecule has 106 valence electrons. The molecule has 0 aliphatic carbocycles. The molecule has 0 aliphatic heterocycles. The first-order valence-electron chi connectivity index (χ1n) is 6.33. The van der Waals surface area contributed by atoms with Gasteiger partial charge in [-0.2, -0.15) is 0 Å². The van der Waals surface area contributed by atoms with Crippen LogP contribution < -0.4 is 5.11 Å². The molecule has 0 atom stereocenters. The van der Waals surface area contributed by atoms with Crippen LogP contribution in [-0.4, -0.2) is 41.3 Å². The minimum absolute atomic E-state index is 0.0802. The van der Waals surface area contributed by atoms with Gasteiger partial charge in [-0.15, -0.1) is 0 Å². The Labute approximate surface area is 113 Å². The van der Waals surface area contributed by atoms with E-state index in [0.29, 0.717) is 23.0 Å². The van der Waals surface area contributed by atoms with Crippen LogP contribution in [0.15, 0.2) is 18.2 Å². The minimum atomic E-state index is -1.02. The van der Waals surface area contributed by atoms with Gasteiger partial charge in [-0.1, -0.05) is 6.07 Å². The van der Waals surface area contributed by atoms with Crippen LogP contribution in [0.3, 0.4) is 0 Å². The van der Waals surface area contributed by atoms with Gasteiger partial charge in [0.1, 0.15) is 6.54 Å². The SMILES string of the molecule is C[N+](C)(CCCCC(=O)[O-])Cc1cccc(O)c1O. The Kier molecular flexibility index (Phi) is 5.18. The molecule has 1 rings (SSSR count). The van der Waals surface area contributed by atoms with Gasteiger partial charge in [0.25, 0.3) is 0 Å². The first-order valence-corrected chi connectivity index (χ1v) is 6.33. The molecule has 5 heteroatoms. The third kappa shape index (κ3) is 5.18. The summed E-state index contributed by atoms with van der Waals surface area (Å²) >= 11 is 0. The summed E-state index contributed by atoms with van der Waals surface area (Å²) in [4.78, 5) is 10.3. The lowest BCUT2D eigenvalue weighted by Gasteiger charge is -2.30. The molecule has 1 aromatic carbocycles. The average molecular weight is 267 g/mol. The number of aliphatic carboxylic acids is 1. The van der Waals surface area contributed by atoms with Gasteiger partial charge in [0.15, 0.2) is 11.5 Å². The summed E-state index contributed by atoms with van der Waals surface area (Å²) in [6, 6.07) is 4.91. The van der Waals surface area contributed by atoms with Crippen LogP contribution in [0.5, 0.6) is 11.5 Å². The Morgan fingerprint density at radius 1 is 1.26 bits per heavy atom. The van der Waals surface area contributed by atoms with E-state index in [0.717, 1.165) is 13.0 Å². The predicted molar refractivity (Wildman–Crippen MR) is 69.3 cm³/mol. The third-order valence-electron chi connectivity index (χ3n) is 3.09. The summed E-state index contributed by atoms with van der Waals surface area (Å²) in [5, 5.41) is 29.5. The van der Waals surface area contributed by atoms with Crippen molar-refractivity contribution < 1.29 is 24.6 Å². The average Bonchev–Trinajstić information content (AvgIpc) is 2.30. The standard InChI is InChI=1S/C14H21NO4/c1-15(2,9-4-3-8-13(17)18)10-11-6-5-7-12(16)14(11)19/h5-7H,3-4,8-10H2,1-2H3,(H2-,16,17,18,19). The quantitative estimate of drug-likeness (QED) is 0.430. The maximum Gasteiger partial charge on any atom is 0.166 e. The first-order chi connectivity index (χ1) is 8.82. The van der Waals surface area contributed by atoms with E-state index in [-0.39, 0.29) is 17.9 Å². The van der Waals surface area contributed by atoms with Gasteiger partial charge in [0.05, 0.1) is 26.2 Å². The van der Waals surface area contributed by atoms with Gasteiger partial charge in [-0.25, -0.2) is 0 Å². The molecule has 0 fully saturated rings. The van der Waals surface area contributed by atoms with Gasteiger partial charge in [0.2, 0.25) is 0 Å². The van der Waals surface area contributed by atoms with E-state index in [4.69, 9.17) is 0 Å². The molecule has 0 amide bonds. The zero-order valence-corrected chi connectivity index (χ0v) is 11.4. The number of phenolic OH excluding ortho intramolecular Hbond substituents is 2. The number of benzene rings is 1. The van der Waals surface area contributed by atoms with E-state index in [1.54, 1.807) is 12.1 Å². The second-order valence-electron chi connectivity index (χ2n) is 5.43. The Balaban J connectivity index is 2.54. The monoisotopic (exact) mass is 267 g/mol. The van der Waals surface area contributed by atoms with E-state index >= 15 is 0 Å². The lowest BCUT2D eigenvalue weighted by molar-refractivity contribution is -0.903. The summed E-state index contributed by atoms with van der Waals surface area (Å²) < 4.78 is 0.615. The normalized spacial score (nSPS) is 11.5. The van der Waals surface area contributed by atoms with Crippen LogP contribution in [0, 0.1) is 0 Å². The fraction of sp³-hybridized carbons (Fsp3) is 0.500. The fourth-order valence-corrected chi connectivity index (χ4v) is 2.05. The maximum absolute atomic E-state index is 10.3. The zero-order valence-electron chi connectivity index (χ0n) is 11.4. The maximum atomic E-state index is 10.3. The Bertz CT molecular complexity index is 443. The van der Waals surface area contributed by atoms with E-state index in [2.05, 4.69) is 0 Å². The van der Waals surface area contributed by atoms with E-state index in [1.807, 2.05) is 14.1 Å². The molecule has 0 saturated carbocycles. The number of quaternary nitrogens is 1. The van der Waals surface area contributed by atoms with Crippen LogP contribution in [-0.2, 0) is 11.3 Å². The largest absolute Gasteiger partial charge is 0.550 e. The second kappa shape index (κ2) is 6.43. The van der Waals surface area contributed by atoms with Crippen molar-refractivity contribution in [2.24, 2.45) is 0 Å². The molecular weight excluding hydrogens is 246 g/mol. The van der Waals surface area contributed by atoms with E-state index < -0.39 is 5.97 Å². The number of aromatic hydroxyl groups is 2. The molecule has 0 aliphatic rings. The van der Waals surface area contributed by atoms with Gasteiger partial charge < -0.3 is 24.6 Å². The molecule has 0 aromatic heterocycles. The van der Waals surface area contributed by atoms with Crippen molar-refractivity contribution >= 4 is 5.97 Å². The fourth-order valence-electron chi connectivity index (χ4n) is 2.05. The summed E-state index contributed by atoms with van der Waals surface area (Å²) in [6.07, 6.45) is 1.45. The molecule has 0 spiro atoms. The van der Waals surface area contributed by atoms with Crippen molar-refractivity contribution in [3.8, 4) is 11.5 Å². The van der Waals surface area contributed by atoms with Gasteiger partial charge >= 0.3 is 0 Å². The minimum Gasteiger partial charge on any atom is -0.550 e. The molecule has 5 nitrogen and oxygen atoms in total. The molecule has 0 saturated heterocycles. The number of carboxylic acids is 1. The predicted octanol–water partition coefficient (Wildman–Crippen LogP) is 0.594. The molecule has 19 heavy (non-hydrogen) atoms. The van der Waals surface area contributed by atoms with Crippen molar-refractivity contribution in [2.45, 2.75) is 25.8 Å². The second-order valence-corrected chi connectivity index (χ2v) is 5.43. The molecule has 0 bridgehead atoms. The molecule has 2 N–H and O–H groups in total. The number of carboxylic acid groups (broad SMARTS) is 1. The Morgan fingerprint density at radius 3 is 2.58 bits per heavy atom. The van der Waals surface area contributed by atoms with Crippen molar-refractivity contribution in [1.29, 1.82) is 0 Å². The van der Waals surface area contributed by atoms with Crippen molar-refractivity contribution in [3.05, 3.63) is 23.8 Å². The molecule has 0 unspecified atom stereocenters. The van der Waals surface area contributed by atoms with Crippen molar-refractivity contribution in [2.75, 3.05) is 20.6 Å². The number of unbranched alkanes of at least 4 members (excludes halogenated alkanes) is 1. The van der Waals surface area contributed by atoms with Crippen LogP contribution in [0.2, 0.25) is 0 Å². The van der Waals surface area contributed by atoms with Gasteiger partial charge in [0, 0.05) is 5.97 Å². The Morgan fingerprint density at radius 2 is 1.95 bits per heavy atom. The highest BCUT2D eigenvalue weighted by atomic mass is 16.4. The number of phenols is 2. The number of para-hydroxylation sites is 1. The summed E-state index contributed by atoms with van der Waals surface area (Å²) in [5.74, 6) is -1.21. The highest BCUT2D eigenvalue weighted by molar-refractivity contribution is 5.64. The smallest absolute Gasteiger partial charge is 0.166 e. The number of hydrogen-bond acceptors (Lipinski definition) is 4. The highest BCUT2D eigenvalue weighted by Gasteiger charge is 2.18. The van der Waals surface area contributed by atoms with Crippen LogP contribution in [0.1, 0.15) is 24.8 Å². The molecule has 0 heterocycles. The van der Waals surface area contributed by atoms with Crippen LogP contribution in [0.25, 0.3) is 0 Å². The summed E-state index contributed by atoms with van der Waals surface area (Å²) in [6.45, 7) is 1.37. The molecule has 0 radical (unpaired) electrons. The number of carbonyl (C=O) groups excluding carboxylic acids is 1. The summed E-state index contributed by atoms with van der Waals surface area (Å²) in [7, 11) is 4.00. The highest BCUT2D eigenvalue weighted by Crippen LogP contribution is 2.30. The molecular formula is C14H21NO4. The number of rotatable bonds is 7. The van der Waals surface area contributed by atoms with Gasteiger partial charge in [-0.05, 0) is 31.4 Å². The zero-order chi connectivity index (χ0) is 14.5. The van der Waals surface area contributed by atoms with Crippen LogP contribution in [0.4, 0.5) is 0 Å². The van der Waals surface area contributed by atoms with Gasteiger partial charge in [-0.3, -0.25) is 0 Å². The number of nitrogens with zero attached hydrogens (tertiary/aromatic N) is 1. The first kappa shape index (κ1) is 15.3. The van der Waals surface area contributed by atoms with E-state index in [1.165, 1.54) is 6.07 Å². The molecule has 1 aromatic rings. The van der Waals surface area contributed by atoms with Crippen molar-refractivity contribution in [1.82, 2.24) is 0 Å². The number of carbonyl (C=O) groups is 1.